The van der Waals surface area contributed by atoms with Gasteiger partial charge in [-0.3, -0.25) is 9.59 Å². The number of hydrogen-bond acceptors (Lipinski definition) is 3. The number of carbonyl (C=O) groups is 2. The zero-order chi connectivity index (χ0) is 22.4. The fraction of sp³-hybridized carbons (Fsp3) is 0.417. The molecule has 1 fully saturated rings. The number of ether oxygens (including phenoxy) is 1. The summed E-state index contributed by atoms with van der Waals surface area (Å²) < 4.78 is 5.70. The molecule has 0 aromatic heterocycles. The first-order valence-corrected chi connectivity index (χ1v) is 11.3. The number of hydrogen-bond donors (Lipinski definition) is 1. The van der Waals surface area contributed by atoms with Gasteiger partial charge in [-0.15, -0.1) is 0 Å². The van der Waals surface area contributed by atoms with E-state index in [-0.39, 0.29) is 31.0 Å². The molecule has 0 spiro atoms. The molecule has 0 bridgehead atoms. The monoisotopic (exact) mass is 462 g/mol. The molecule has 1 N–H and O–H groups in total. The van der Waals surface area contributed by atoms with Crippen molar-refractivity contribution in [2.45, 2.75) is 58.2 Å². The quantitative estimate of drug-likeness (QED) is 0.589. The third-order valence-electron chi connectivity index (χ3n) is 5.66. The summed E-state index contributed by atoms with van der Waals surface area (Å²) in [5.41, 5.74) is 1.64. The lowest BCUT2D eigenvalue weighted by atomic mass is 10.1. The standard InChI is InChI=1S/C24H28Cl2N2O3/c1-16-13-20(11-12-21(16)25)31-15-23(29)28(14-18-7-3-6-10-22(18)26)17(2)24(30)27-19-8-4-5-9-19/h3,6-7,10-13,17,19H,4-5,8-9,14-15H2,1-2H3,(H,27,30)/t17-/m0/s1. The molecule has 31 heavy (non-hydrogen) atoms. The van der Waals surface area contributed by atoms with Crippen molar-refractivity contribution in [1.82, 2.24) is 10.2 Å². The van der Waals surface area contributed by atoms with Crippen molar-refractivity contribution < 1.29 is 14.3 Å². The van der Waals surface area contributed by atoms with Crippen molar-refractivity contribution in [2.24, 2.45) is 0 Å². The summed E-state index contributed by atoms with van der Waals surface area (Å²) in [7, 11) is 0. The van der Waals surface area contributed by atoms with Gasteiger partial charge in [0.2, 0.25) is 5.91 Å². The van der Waals surface area contributed by atoms with Crippen LogP contribution in [0.5, 0.6) is 5.75 Å². The Morgan fingerprint density at radius 2 is 1.84 bits per heavy atom. The summed E-state index contributed by atoms with van der Waals surface area (Å²) in [5.74, 6) is 0.104. The zero-order valence-corrected chi connectivity index (χ0v) is 19.4. The lowest BCUT2D eigenvalue weighted by molar-refractivity contribution is -0.142. The van der Waals surface area contributed by atoms with Gasteiger partial charge < -0.3 is 15.0 Å². The maximum absolute atomic E-state index is 13.1. The minimum atomic E-state index is -0.653. The minimum Gasteiger partial charge on any atom is -0.484 e. The van der Waals surface area contributed by atoms with Crippen molar-refractivity contribution in [2.75, 3.05) is 6.61 Å². The van der Waals surface area contributed by atoms with Gasteiger partial charge in [0, 0.05) is 22.6 Å². The Hall–Kier alpha value is -2.24. The van der Waals surface area contributed by atoms with Gasteiger partial charge in [0.05, 0.1) is 0 Å². The molecule has 1 saturated carbocycles. The van der Waals surface area contributed by atoms with Crippen LogP contribution < -0.4 is 10.1 Å². The molecule has 3 rings (SSSR count). The Labute approximate surface area is 193 Å². The van der Waals surface area contributed by atoms with E-state index in [4.69, 9.17) is 27.9 Å². The van der Waals surface area contributed by atoms with E-state index in [2.05, 4.69) is 5.32 Å². The molecule has 0 aliphatic heterocycles. The van der Waals surface area contributed by atoms with Gasteiger partial charge in [0.25, 0.3) is 5.91 Å². The van der Waals surface area contributed by atoms with E-state index < -0.39 is 6.04 Å². The Balaban J connectivity index is 1.73. The number of aryl methyl sites for hydroxylation is 1. The Morgan fingerprint density at radius 3 is 2.52 bits per heavy atom. The predicted octanol–water partition coefficient (Wildman–Crippen LogP) is 5.16. The lowest BCUT2D eigenvalue weighted by Crippen LogP contribution is -2.50. The molecule has 0 saturated heterocycles. The molecule has 1 aliphatic rings. The highest BCUT2D eigenvalue weighted by Gasteiger charge is 2.29. The van der Waals surface area contributed by atoms with E-state index in [0.717, 1.165) is 36.8 Å². The first kappa shape index (κ1) is 23.4. The second-order valence-corrected chi connectivity index (χ2v) is 8.79. The fourth-order valence-corrected chi connectivity index (χ4v) is 4.03. The van der Waals surface area contributed by atoms with Crippen molar-refractivity contribution in [1.29, 1.82) is 0 Å². The smallest absolute Gasteiger partial charge is 0.261 e. The van der Waals surface area contributed by atoms with E-state index in [1.807, 2.05) is 25.1 Å². The molecule has 1 aliphatic carbocycles. The van der Waals surface area contributed by atoms with Crippen LogP contribution in [0.25, 0.3) is 0 Å². The molecule has 5 nitrogen and oxygen atoms in total. The van der Waals surface area contributed by atoms with Crippen LogP contribution in [0.2, 0.25) is 10.0 Å². The summed E-state index contributed by atoms with van der Waals surface area (Å²) in [6.07, 6.45) is 4.21. The summed E-state index contributed by atoms with van der Waals surface area (Å²) in [5, 5.41) is 4.27. The van der Waals surface area contributed by atoms with Gasteiger partial charge in [-0.05, 0) is 62.1 Å². The topological polar surface area (TPSA) is 58.6 Å². The van der Waals surface area contributed by atoms with Gasteiger partial charge >= 0.3 is 0 Å². The van der Waals surface area contributed by atoms with Gasteiger partial charge in [0.1, 0.15) is 11.8 Å². The molecule has 2 aromatic carbocycles. The molecular weight excluding hydrogens is 435 g/mol. The maximum Gasteiger partial charge on any atom is 0.261 e. The summed E-state index contributed by atoms with van der Waals surface area (Å²) in [6.45, 7) is 3.65. The molecule has 0 heterocycles. The van der Waals surface area contributed by atoms with Crippen LogP contribution in [0.3, 0.4) is 0 Å². The number of carbonyl (C=O) groups excluding carboxylic acids is 2. The number of nitrogens with one attached hydrogen (secondary N) is 1. The molecule has 166 valence electrons. The molecular formula is C24H28Cl2N2O3. The van der Waals surface area contributed by atoms with E-state index in [9.17, 15) is 9.59 Å². The maximum atomic E-state index is 13.1. The Kier molecular flexibility index (Phi) is 8.22. The number of nitrogens with zero attached hydrogens (tertiary/aromatic N) is 1. The van der Waals surface area contributed by atoms with E-state index in [1.165, 1.54) is 4.90 Å². The SMILES string of the molecule is Cc1cc(OCC(=O)N(Cc2ccccc2Cl)[C@@H](C)C(=O)NC2CCCC2)ccc1Cl. The van der Waals surface area contributed by atoms with Crippen LogP contribution in [-0.2, 0) is 16.1 Å². The molecule has 0 radical (unpaired) electrons. The van der Waals surface area contributed by atoms with Gasteiger partial charge in [-0.1, -0.05) is 54.2 Å². The van der Waals surface area contributed by atoms with E-state index in [1.54, 1.807) is 31.2 Å². The highest BCUT2D eigenvalue weighted by molar-refractivity contribution is 6.31. The fourth-order valence-electron chi connectivity index (χ4n) is 3.72. The zero-order valence-electron chi connectivity index (χ0n) is 17.9. The van der Waals surface area contributed by atoms with E-state index >= 15 is 0 Å². The van der Waals surface area contributed by atoms with Crippen molar-refractivity contribution in [3.8, 4) is 5.75 Å². The van der Waals surface area contributed by atoms with Crippen molar-refractivity contribution in [3.05, 3.63) is 63.6 Å². The van der Waals surface area contributed by atoms with Crippen molar-refractivity contribution >= 4 is 35.0 Å². The number of benzene rings is 2. The Morgan fingerprint density at radius 1 is 1.13 bits per heavy atom. The molecule has 2 aromatic rings. The van der Waals surface area contributed by atoms with Gasteiger partial charge in [-0.2, -0.15) is 0 Å². The second kappa shape index (κ2) is 10.9. The van der Waals surface area contributed by atoms with Crippen LogP contribution in [-0.4, -0.2) is 35.4 Å². The van der Waals surface area contributed by atoms with Crippen LogP contribution in [0, 0.1) is 6.92 Å². The third-order valence-corrected chi connectivity index (χ3v) is 6.45. The summed E-state index contributed by atoms with van der Waals surface area (Å²) in [4.78, 5) is 27.5. The van der Waals surface area contributed by atoms with Crippen molar-refractivity contribution in [3.63, 3.8) is 0 Å². The highest BCUT2D eigenvalue weighted by atomic mass is 35.5. The van der Waals surface area contributed by atoms with Gasteiger partial charge in [0.15, 0.2) is 6.61 Å². The average Bonchev–Trinajstić information content (AvgIpc) is 3.26. The van der Waals surface area contributed by atoms with E-state index in [0.29, 0.717) is 15.8 Å². The van der Waals surface area contributed by atoms with Crippen LogP contribution in [0.4, 0.5) is 0 Å². The lowest BCUT2D eigenvalue weighted by Gasteiger charge is -2.30. The number of rotatable bonds is 8. The summed E-state index contributed by atoms with van der Waals surface area (Å²) in [6, 6.07) is 12.1. The molecule has 2 amide bonds. The predicted molar refractivity (Wildman–Crippen MR) is 124 cm³/mol. The number of amides is 2. The second-order valence-electron chi connectivity index (χ2n) is 7.98. The minimum absolute atomic E-state index is 0.158. The molecule has 0 unspecified atom stereocenters. The first-order valence-electron chi connectivity index (χ1n) is 10.6. The van der Waals surface area contributed by atoms with Crippen LogP contribution in [0.1, 0.15) is 43.7 Å². The largest absolute Gasteiger partial charge is 0.484 e. The molecule has 7 heteroatoms. The van der Waals surface area contributed by atoms with Gasteiger partial charge in [-0.25, -0.2) is 0 Å². The number of halogens is 2. The first-order chi connectivity index (χ1) is 14.8. The third kappa shape index (κ3) is 6.37. The normalized spacial score (nSPS) is 14.8. The average molecular weight is 463 g/mol. The van der Waals surface area contributed by atoms with Crippen LogP contribution >= 0.6 is 23.2 Å². The molecule has 1 atom stereocenters. The Bertz CT molecular complexity index is 929. The summed E-state index contributed by atoms with van der Waals surface area (Å²) >= 11 is 12.4. The van der Waals surface area contributed by atoms with Crippen LogP contribution in [0.15, 0.2) is 42.5 Å². The highest BCUT2D eigenvalue weighted by Crippen LogP contribution is 2.23.